The molecule has 1 aromatic rings. The molecule has 10 heteroatoms. The van der Waals surface area contributed by atoms with Crippen molar-refractivity contribution in [2.24, 2.45) is 0 Å². The van der Waals surface area contributed by atoms with Gasteiger partial charge in [-0.1, -0.05) is 6.07 Å². The van der Waals surface area contributed by atoms with Crippen LogP contribution in [0.1, 0.15) is 12.8 Å². The van der Waals surface area contributed by atoms with Crippen LogP contribution in [0.15, 0.2) is 24.4 Å². The maximum absolute atomic E-state index is 12.3. The number of hydrogen-bond donors (Lipinski definition) is 2. The van der Waals surface area contributed by atoms with Crippen molar-refractivity contribution in [2.75, 3.05) is 49.7 Å². The van der Waals surface area contributed by atoms with Gasteiger partial charge in [-0.25, -0.2) is 4.98 Å². The highest BCUT2D eigenvalue weighted by molar-refractivity contribution is 7.99. The average molecular weight is 405 g/mol. The number of nitrogens with zero attached hydrogens (tertiary/aromatic N) is 5. The first kappa shape index (κ1) is 21.0. The highest BCUT2D eigenvalue weighted by Crippen LogP contribution is 2.19. The molecule has 2 aliphatic rings. The molecule has 2 aliphatic heterocycles. The molecule has 1 atom stereocenters. The zero-order valence-corrected chi connectivity index (χ0v) is 16.6. The van der Waals surface area contributed by atoms with Crippen molar-refractivity contribution >= 4 is 23.5 Å². The minimum atomic E-state index is -0.0928. The number of likely N-dealkylation sites (tertiary alicyclic amines) is 1. The number of nitrogens with one attached hydrogen (secondary N) is 2. The van der Waals surface area contributed by atoms with Crippen LogP contribution in [-0.2, 0) is 4.79 Å². The standard InChI is InChI=1S/C18H26N7O2S/c19-11-16-13-28-14-24(16)10-7-21-25(27)15-4-8-23(9-5-15)12-18(26)22-17-3-1-2-6-20-17/h1-3,6,15-16,21H,4-5,7-10,12-14H2,(H,20,22,26)/q-1. The number of carbonyl (C=O) groups excluding carboxylic acids is 1. The van der Waals surface area contributed by atoms with E-state index in [1.165, 1.54) is 0 Å². The van der Waals surface area contributed by atoms with Gasteiger partial charge in [0.05, 0.1) is 12.6 Å². The van der Waals surface area contributed by atoms with Crippen molar-refractivity contribution in [1.82, 2.24) is 25.4 Å². The van der Waals surface area contributed by atoms with Crippen molar-refractivity contribution in [3.8, 4) is 6.07 Å². The van der Waals surface area contributed by atoms with E-state index in [0.29, 0.717) is 51.4 Å². The maximum atomic E-state index is 12.3. The van der Waals surface area contributed by atoms with Crippen molar-refractivity contribution < 1.29 is 4.79 Å². The first-order valence-electron chi connectivity index (χ1n) is 9.50. The molecule has 9 nitrogen and oxygen atoms in total. The summed E-state index contributed by atoms with van der Waals surface area (Å²) in [5.74, 6) is 2.14. The second-order valence-corrected chi connectivity index (χ2v) is 7.96. The Balaban J connectivity index is 1.32. The van der Waals surface area contributed by atoms with Gasteiger partial charge in [0.15, 0.2) is 0 Å². The maximum Gasteiger partial charge on any atom is 0.239 e. The van der Waals surface area contributed by atoms with Crippen LogP contribution >= 0.6 is 11.8 Å². The van der Waals surface area contributed by atoms with Gasteiger partial charge >= 0.3 is 0 Å². The van der Waals surface area contributed by atoms with E-state index >= 15 is 0 Å². The second kappa shape index (κ2) is 10.7. The lowest BCUT2D eigenvalue weighted by Crippen LogP contribution is -2.50. The number of carbonyl (C=O) groups is 1. The predicted molar refractivity (Wildman–Crippen MR) is 109 cm³/mol. The van der Waals surface area contributed by atoms with Gasteiger partial charge in [-0.2, -0.15) is 5.26 Å². The van der Waals surface area contributed by atoms with E-state index in [9.17, 15) is 10.0 Å². The van der Waals surface area contributed by atoms with Gasteiger partial charge in [0.2, 0.25) is 5.91 Å². The van der Waals surface area contributed by atoms with Gasteiger partial charge in [-0.3, -0.25) is 20.0 Å². The highest BCUT2D eigenvalue weighted by Gasteiger charge is 2.25. The number of hydroxylamine groups is 1. The van der Waals surface area contributed by atoms with Crippen LogP contribution in [0.4, 0.5) is 5.82 Å². The van der Waals surface area contributed by atoms with E-state index in [-0.39, 0.29) is 18.0 Å². The number of nitriles is 1. The molecular formula is C18H26N7O2S-. The first-order valence-corrected chi connectivity index (χ1v) is 10.7. The van der Waals surface area contributed by atoms with Crippen LogP contribution in [0.25, 0.3) is 0 Å². The number of aromatic nitrogens is 1. The largest absolute Gasteiger partial charge is 0.771 e. The summed E-state index contributed by atoms with van der Waals surface area (Å²) in [5, 5.41) is 25.1. The fourth-order valence-electron chi connectivity index (χ4n) is 3.38. The van der Waals surface area contributed by atoms with E-state index in [2.05, 4.69) is 31.6 Å². The van der Waals surface area contributed by atoms with Crippen molar-refractivity contribution in [1.29, 1.82) is 5.26 Å². The molecule has 2 fully saturated rings. The number of rotatable bonds is 8. The molecule has 0 radical (unpaired) electrons. The molecule has 0 bridgehead atoms. The fourth-order valence-corrected chi connectivity index (χ4v) is 4.54. The molecule has 28 heavy (non-hydrogen) atoms. The SMILES string of the molecule is N#CC1CSCN1CCNN([O-])C1CCN(CC(=O)Nc2ccccn2)CC1. The number of piperidine rings is 1. The summed E-state index contributed by atoms with van der Waals surface area (Å²) in [6, 6.07) is 7.54. The number of amides is 1. The summed E-state index contributed by atoms with van der Waals surface area (Å²) in [6.07, 6.45) is 3.07. The number of hydrazine groups is 1. The summed E-state index contributed by atoms with van der Waals surface area (Å²) in [4.78, 5) is 20.3. The summed E-state index contributed by atoms with van der Waals surface area (Å²) < 4.78 is 0. The van der Waals surface area contributed by atoms with Crippen molar-refractivity contribution in [3.05, 3.63) is 29.6 Å². The second-order valence-electron chi connectivity index (χ2n) is 6.96. The molecule has 0 saturated carbocycles. The van der Waals surface area contributed by atoms with Crippen LogP contribution < -0.4 is 10.7 Å². The number of thioether (sulfide) groups is 1. The summed E-state index contributed by atoms with van der Waals surface area (Å²) in [7, 11) is 0. The Morgan fingerprint density at radius 2 is 2.25 bits per heavy atom. The number of hydrogen-bond acceptors (Lipinski definition) is 9. The lowest BCUT2D eigenvalue weighted by molar-refractivity contribution is -0.117. The van der Waals surface area contributed by atoms with Crippen molar-refractivity contribution in [3.63, 3.8) is 0 Å². The molecule has 0 aliphatic carbocycles. The molecule has 0 aromatic carbocycles. The summed E-state index contributed by atoms with van der Waals surface area (Å²) in [6.45, 7) is 2.95. The molecule has 3 heterocycles. The summed E-state index contributed by atoms with van der Waals surface area (Å²) >= 11 is 1.75. The van der Waals surface area contributed by atoms with Crippen LogP contribution in [0.5, 0.6) is 0 Å². The molecule has 1 unspecified atom stereocenters. The first-order chi connectivity index (χ1) is 13.7. The lowest BCUT2D eigenvalue weighted by Gasteiger charge is -2.42. The quantitative estimate of drug-likeness (QED) is 0.605. The molecule has 2 N–H and O–H groups in total. The van der Waals surface area contributed by atoms with E-state index in [1.807, 2.05) is 6.07 Å². The van der Waals surface area contributed by atoms with E-state index in [0.717, 1.165) is 16.8 Å². The number of pyridine rings is 1. The minimum Gasteiger partial charge on any atom is -0.771 e. The minimum absolute atomic E-state index is 0.0487. The van der Waals surface area contributed by atoms with Gasteiger partial charge < -0.3 is 15.7 Å². The fraction of sp³-hybridized carbons (Fsp3) is 0.611. The topological polar surface area (TPSA) is 111 Å². The van der Waals surface area contributed by atoms with Gasteiger partial charge in [0, 0.05) is 50.0 Å². The predicted octanol–water partition coefficient (Wildman–Crippen LogP) is 0.687. The molecule has 1 aromatic heterocycles. The molecule has 0 spiro atoms. The third-order valence-corrected chi connectivity index (χ3v) is 6.04. The Kier molecular flexibility index (Phi) is 8.02. The third kappa shape index (κ3) is 6.13. The molecule has 3 rings (SSSR count). The van der Waals surface area contributed by atoms with Gasteiger partial charge in [0.1, 0.15) is 11.9 Å². The number of anilines is 1. The molecule has 152 valence electrons. The normalized spacial score (nSPS) is 21.7. The zero-order valence-electron chi connectivity index (χ0n) is 15.8. The van der Waals surface area contributed by atoms with Crippen LogP contribution in [0, 0.1) is 16.5 Å². The zero-order chi connectivity index (χ0) is 19.8. The Labute approximate surface area is 169 Å². The molecular weight excluding hydrogens is 378 g/mol. The van der Waals surface area contributed by atoms with Gasteiger partial charge in [-0.05, 0) is 25.0 Å². The Morgan fingerprint density at radius 1 is 1.43 bits per heavy atom. The van der Waals surface area contributed by atoms with Crippen molar-refractivity contribution in [2.45, 2.75) is 24.9 Å². The van der Waals surface area contributed by atoms with Gasteiger partial charge in [0.25, 0.3) is 0 Å². The Morgan fingerprint density at radius 3 is 2.96 bits per heavy atom. The average Bonchev–Trinajstić information content (AvgIpc) is 3.16. The third-order valence-electron chi connectivity index (χ3n) is 4.98. The van der Waals surface area contributed by atoms with Crippen LogP contribution in [-0.4, -0.2) is 82.3 Å². The van der Waals surface area contributed by atoms with E-state index < -0.39 is 0 Å². The van der Waals surface area contributed by atoms with Crippen LogP contribution in [0.3, 0.4) is 0 Å². The monoisotopic (exact) mass is 404 g/mol. The lowest BCUT2D eigenvalue weighted by atomic mass is 10.1. The van der Waals surface area contributed by atoms with Gasteiger partial charge in [-0.15, -0.1) is 11.8 Å². The molecule has 1 amide bonds. The smallest absolute Gasteiger partial charge is 0.239 e. The van der Waals surface area contributed by atoms with E-state index in [1.54, 1.807) is 30.1 Å². The highest BCUT2D eigenvalue weighted by atomic mass is 32.2. The Bertz CT molecular complexity index is 664. The molecule has 2 saturated heterocycles. The van der Waals surface area contributed by atoms with Crippen LogP contribution in [0.2, 0.25) is 0 Å². The van der Waals surface area contributed by atoms with E-state index in [4.69, 9.17) is 5.26 Å². The summed E-state index contributed by atoms with van der Waals surface area (Å²) in [5.41, 5.74) is 2.92. The Hall–Kier alpha value is -1.74.